The molecule has 40 heavy (non-hydrogen) atoms. The van der Waals surface area contributed by atoms with Gasteiger partial charge in [0.05, 0.1) is 38.0 Å². The van der Waals surface area contributed by atoms with E-state index in [1.807, 2.05) is 45.0 Å². The summed E-state index contributed by atoms with van der Waals surface area (Å²) in [5, 5.41) is 16.0. The number of hydrogen-bond acceptors (Lipinski definition) is 12. The standard InChI is InChI=1S/C16H22ClN3O.3C2H6O3P.Al/c1-15(2,3)16(21,10-20-12-18-11-19-20)9-8-13-4-6-14(17)7-5-13;3*1-2-5-6(3)4;/h4-7,11-12,21H,8-10H2,1-3H3;3*3H,2H2,1H3;/q;3*-1;+3. The first-order valence-corrected chi connectivity index (χ1v) is 15.5. The van der Waals surface area contributed by atoms with Gasteiger partial charge < -0.3 is 48.0 Å². The second-order valence-electron chi connectivity index (χ2n) is 8.47. The quantitative estimate of drug-likeness (QED) is 0.201. The second-order valence-corrected chi connectivity index (χ2v) is 11.1. The van der Waals surface area contributed by atoms with Gasteiger partial charge in [0.25, 0.3) is 0 Å². The molecule has 1 aromatic carbocycles. The van der Waals surface area contributed by atoms with Gasteiger partial charge in [0.2, 0.25) is 0 Å². The minimum absolute atomic E-state index is 0. The maximum atomic E-state index is 11.1. The molecule has 0 saturated carbocycles. The number of halogens is 1. The molecule has 0 bridgehead atoms. The zero-order valence-corrected chi connectivity index (χ0v) is 28.2. The van der Waals surface area contributed by atoms with Gasteiger partial charge in [0.1, 0.15) is 12.7 Å². The van der Waals surface area contributed by atoms with Crippen LogP contribution in [-0.4, -0.2) is 77.3 Å². The molecule has 4 unspecified atom stereocenters. The predicted molar refractivity (Wildman–Crippen MR) is 152 cm³/mol. The Bertz CT molecular complexity index is 800. The summed E-state index contributed by atoms with van der Waals surface area (Å²) in [6, 6.07) is 7.76. The molecule has 4 atom stereocenters. The number of rotatable bonds is 11. The summed E-state index contributed by atoms with van der Waals surface area (Å²) in [5.41, 5.74) is 0.0479. The minimum Gasteiger partial charge on any atom is -0.786 e. The molecule has 0 spiro atoms. The molecule has 0 aliphatic carbocycles. The van der Waals surface area contributed by atoms with Crippen LogP contribution >= 0.6 is 37.4 Å². The topological polar surface area (TPSA) is 208 Å². The van der Waals surface area contributed by atoms with Crippen molar-refractivity contribution in [2.24, 2.45) is 5.41 Å². The summed E-state index contributed by atoms with van der Waals surface area (Å²) in [7, 11) is -7.05. The van der Waals surface area contributed by atoms with Gasteiger partial charge in [-0.1, -0.05) is 44.5 Å². The summed E-state index contributed by atoms with van der Waals surface area (Å²) in [5.74, 6) is 0. The number of benzene rings is 1. The van der Waals surface area contributed by atoms with Crippen LogP contribution in [0.2, 0.25) is 5.02 Å². The first-order chi connectivity index (χ1) is 18.1. The van der Waals surface area contributed by atoms with Gasteiger partial charge in [0.15, 0.2) is 0 Å². The largest absolute Gasteiger partial charge is 3.00 e. The van der Waals surface area contributed by atoms with Crippen LogP contribution in [0.5, 0.6) is 0 Å². The first kappa shape index (κ1) is 44.5. The molecule has 0 fully saturated rings. The normalized spacial score (nSPS) is 14.3. The fourth-order valence-corrected chi connectivity index (χ4v) is 3.40. The number of nitrogens with zero attached hydrogens (tertiary/aromatic N) is 3. The second kappa shape index (κ2) is 25.6. The Labute approximate surface area is 256 Å². The van der Waals surface area contributed by atoms with Crippen molar-refractivity contribution in [3.05, 3.63) is 47.5 Å². The maximum Gasteiger partial charge on any atom is 3.00 e. The van der Waals surface area contributed by atoms with Crippen LogP contribution in [-0.2, 0) is 26.5 Å². The number of hydrogen-bond donors (Lipinski definition) is 4. The van der Waals surface area contributed by atoms with Gasteiger partial charge in [-0.05, 0) is 56.7 Å². The van der Waals surface area contributed by atoms with Gasteiger partial charge in [-0.2, -0.15) is 5.10 Å². The van der Waals surface area contributed by atoms with Gasteiger partial charge in [-0.3, -0.25) is 4.68 Å². The molecule has 1 aromatic heterocycles. The van der Waals surface area contributed by atoms with Gasteiger partial charge in [-0.15, -0.1) is 0 Å². The molecule has 1 heterocycles. The van der Waals surface area contributed by atoms with Crippen LogP contribution in [0.25, 0.3) is 0 Å². The van der Waals surface area contributed by atoms with Crippen molar-refractivity contribution in [1.82, 2.24) is 14.8 Å². The summed E-state index contributed by atoms with van der Waals surface area (Å²) in [6.45, 7) is 12.4. The summed E-state index contributed by atoms with van der Waals surface area (Å²) in [6.07, 6.45) is 4.57. The fraction of sp³-hybridized carbons (Fsp3) is 0.636. The SMILES string of the molecule is CC(C)(C)C(O)(CCc1ccc(Cl)cc1)Cn1cncn1.CCOP([O-])O.CCOP([O-])O.CCOP([O-])O.[Al+3]. The predicted octanol–water partition coefficient (Wildman–Crippen LogP) is 1.77. The molecule has 18 heteroatoms. The Kier molecular flexibility index (Phi) is 28.4. The van der Waals surface area contributed by atoms with Crippen LogP contribution in [0.15, 0.2) is 36.9 Å². The molecule has 13 nitrogen and oxygen atoms in total. The van der Waals surface area contributed by atoms with Crippen LogP contribution in [0.4, 0.5) is 0 Å². The molecule has 4 N–H and O–H groups in total. The van der Waals surface area contributed by atoms with Crippen molar-refractivity contribution < 1.29 is 48.0 Å². The Morgan fingerprint density at radius 3 is 1.57 bits per heavy atom. The summed E-state index contributed by atoms with van der Waals surface area (Å²) >= 11 is 5.90. The van der Waals surface area contributed by atoms with E-state index in [1.54, 1.807) is 31.8 Å². The van der Waals surface area contributed by atoms with E-state index in [-0.39, 0.29) is 22.8 Å². The molecule has 2 aromatic rings. The van der Waals surface area contributed by atoms with Crippen molar-refractivity contribution in [2.75, 3.05) is 19.8 Å². The van der Waals surface area contributed by atoms with Crippen molar-refractivity contribution >= 4 is 54.8 Å². The van der Waals surface area contributed by atoms with Crippen LogP contribution < -0.4 is 14.7 Å². The summed E-state index contributed by atoms with van der Waals surface area (Å²) < 4.78 is 14.0. The molecule has 0 saturated heterocycles. The van der Waals surface area contributed by atoms with Gasteiger partial charge >= 0.3 is 17.4 Å². The number of aromatic nitrogens is 3. The Hall–Kier alpha value is 0.0725. The van der Waals surface area contributed by atoms with E-state index < -0.39 is 31.4 Å². The minimum atomic E-state index is -2.35. The average Bonchev–Trinajstić information content (AvgIpc) is 3.32. The maximum absolute atomic E-state index is 11.1. The van der Waals surface area contributed by atoms with E-state index in [0.717, 1.165) is 11.4 Å². The van der Waals surface area contributed by atoms with Crippen LogP contribution in [0.3, 0.4) is 0 Å². The monoisotopic (exact) mass is 661 g/mol. The third kappa shape index (κ3) is 24.7. The molecule has 0 aliphatic heterocycles. The molecular formula is C22H40AlClN3O10P3. The molecule has 2 rings (SSSR count). The van der Waals surface area contributed by atoms with Gasteiger partial charge in [-0.25, -0.2) is 4.98 Å². The van der Waals surface area contributed by atoms with Crippen molar-refractivity contribution in [3.8, 4) is 0 Å². The number of aliphatic hydroxyl groups is 1. The molecule has 228 valence electrons. The molecule has 0 radical (unpaired) electrons. The van der Waals surface area contributed by atoms with E-state index in [1.165, 1.54) is 11.9 Å². The Morgan fingerprint density at radius 1 is 0.875 bits per heavy atom. The third-order valence-corrected chi connectivity index (χ3v) is 6.43. The van der Waals surface area contributed by atoms with E-state index in [9.17, 15) is 19.8 Å². The molecule has 0 aliphatic rings. The van der Waals surface area contributed by atoms with Crippen LogP contribution in [0, 0.1) is 5.41 Å². The Balaban J connectivity index is -0.000000592. The molecule has 0 amide bonds. The average molecular weight is 662 g/mol. The smallest absolute Gasteiger partial charge is 0.786 e. The first-order valence-electron chi connectivity index (χ1n) is 11.8. The van der Waals surface area contributed by atoms with Crippen LogP contribution in [0.1, 0.15) is 53.5 Å². The zero-order chi connectivity index (χ0) is 30.5. The third-order valence-electron chi connectivity index (χ3n) is 4.75. The van der Waals surface area contributed by atoms with Crippen molar-refractivity contribution in [1.29, 1.82) is 0 Å². The van der Waals surface area contributed by atoms with E-state index in [0.29, 0.717) is 32.8 Å². The zero-order valence-electron chi connectivity index (χ0n) is 23.6. The summed E-state index contributed by atoms with van der Waals surface area (Å²) in [4.78, 5) is 56.0. The van der Waals surface area contributed by atoms with Crippen molar-refractivity contribution in [3.63, 3.8) is 0 Å². The van der Waals surface area contributed by atoms with E-state index >= 15 is 0 Å². The Morgan fingerprint density at radius 2 is 1.30 bits per heavy atom. The molecular weight excluding hydrogens is 622 g/mol. The van der Waals surface area contributed by atoms with Gasteiger partial charge in [0, 0.05) is 24.8 Å². The van der Waals surface area contributed by atoms with E-state index in [2.05, 4.69) is 23.7 Å². The van der Waals surface area contributed by atoms with Crippen molar-refractivity contribution in [2.45, 2.75) is 66.5 Å². The number of aryl methyl sites for hydroxylation is 1. The fourth-order valence-electron chi connectivity index (χ4n) is 2.61. The van der Waals surface area contributed by atoms with E-state index in [4.69, 9.17) is 26.3 Å².